The fraction of sp³-hybridized carbons (Fsp3) is 0.174. The molecule has 3 heterocycles. The lowest BCUT2D eigenvalue weighted by Crippen LogP contribution is -2.03. The molecule has 3 aromatic heterocycles. The zero-order chi connectivity index (χ0) is 22.7. The van der Waals surface area contributed by atoms with Crippen LogP contribution in [0.3, 0.4) is 0 Å². The second kappa shape index (κ2) is 8.84. The van der Waals surface area contributed by atoms with Gasteiger partial charge in [0.25, 0.3) is 0 Å². The summed E-state index contributed by atoms with van der Waals surface area (Å²) >= 11 is 0. The normalized spacial score (nSPS) is 10.6. The highest BCUT2D eigenvalue weighted by Crippen LogP contribution is 2.29. The molecule has 1 aromatic carbocycles. The van der Waals surface area contributed by atoms with Crippen LogP contribution in [0, 0.1) is 6.92 Å². The fourth-order valence-electron chi connectivity index (χ4n) is 3.21. The lowest BCUT2D eigenvalue weighted by Gasteiger charge is -2.10. The third-order valence-corrected chi connectivity index (χ3v) is 4.92. The van der Waals surface area contributed by atoms with Gasteiger partial charge in [0.2, 0.25) is 5.88 Å². The van der Waals surface area contributed by atoms with Gasteiger partial charge in [-0.1, -0.05) is 0 Å². The predicted octanol–water partition coefficient (Wildman–Crippen LogP) is 3.29. The quantitative estimate of drug-likeness (QED) is 0.411. The standard InChI is InChI=1S/C23H21N5O4/c1-14-20(11-19(27-26-14)18-12-24-23(32-4)25-22(18)31-3)28-10-9-16(13-28)21(29)15-5-7-17(30-2)8-6-15/h5-13H,1-4H3. The average molecular weight is 431 g/mol. The Labute approximate surface area is 184 Å². The fourth-order valence-corrected chi connectivity index (χ4v) is 3.21. The molecule has 0 spiro atoms. The van der Waals surface area contributed by atoms with Gasteiger partial charge in [-0.3, -0.25) is 4.79 Å². The minimum Gasteiger partial charge on any atom is -0.497 e. The van der Waals surface area contributed by atoms with E-state index in [0.29, 0.717) is 39.7 Å². The molecule has 0 saturated heterocycles. The van der Waals surface area contributed by atoms with Crippen LogP contribution in [0.5, 0.6) is 17.6 Å². The van der Waals surface area contributed by atoms with Gasteiger partial charge in [0.15, 0.2) is 5.78 Å². The summed E-state index contributed by atoms with van der Waals surface area (Å²) in [4.78, 5) is 21.2. The van der Waals surface area contributed by atoms with E-state index in [-0.39, 0.29) is 11.8 Å². The van der Waals surface area contributed by atoms with E-state index in [4.69, 9.17) is 14.2 Å². The molecule has 4 aromatic rings. The molecule has 32 heavy (non-hydrogen) atoms. The van der Waals surface area contributed by atoms with Crippen molar-refractivity contribution < 1.29 is 19.0 Å². The number of hydrogen-bond acceptors (Lipinski definition) is 8. The van der Waals surface area contributed by atoms with Crippen molar-refractivity contribution in [3.8, 4) is 34.6 Å². The number of hydrogen-bond donors (Lipinski definition) is 0. The van der Waals surface area contributed by atoms with Crippen molar-refractivity contribution in [3.05, 3.63) is 71.8 Å². The number of aromatic nitrogens is 5. The van der Waals surface area contributed by atoms with Crippen LogP contribution < -0.4 is 14.2 Å². The topological polar surface area (TPSA) is 101 Å². The summed E-state index contributed by atoms with van der Waals surface area (Å²) in [7, 11) is 4.58. The second-order valence-electron chi connectivity index (χ2n) is 6.84. The molecule has 0 N–H and O–H groups in total. The van der Waals surface area contributed by atoms with Gasteiger partial charge >= 0.3 is 6.01 Å². The Morgan fingerprint density at radius 2 is 1.72 bits per heavy atom. The van der Waals surface area contributed by atoms with Gasteiger partial charge in [-0.25, -0.2) is 4.98 Å². The van der Waals surface area contributed by atoms with Crippen molar-refractivity contribution >= 4 is 5.78 Å². The molecule has 0 fully saturated rings. The lowest BCUT2D eigenvalue weighted by molar-refractivity contribution is 0.103. The van der Waals surface area contributed by atoms with Gasteiger partial charge < -0.3 is 18.8 Å². The van der Waals surface area contributed by atoms with Crippen molar-refractivity contribution in [2.45, 2.75) is 6.92 Å². The summed E-state index contributed by atoms with van der Waals surface area (Å²) in [6.07, 6.45) is 5.15. The van der Waals surface area contributed by atoms with Crippen molar-refractivity contribution in [2.75, 3.05) is 21.3 Å². The minimum atomic E-state index is -0.0866. The molecule has 0 amide bonds. The Balaban J connectivity index is 1.68. The molecule has 4 rings (SSSR count). The number of rotatable bonds is 7. The molecular formula is C23H21N5O4. The molecule has 9 nitrogen and oxygen atoms in total. The lowest BCUT2D eigenvalue weighted by atomic mass is 10.1. The zero-order valence-electron chi connectivity index (χ0n) is 18.1. The molecule has 0 unspecified atom stereocenters. The third kappa shape index (κ3) is 4.00. The number of ketones is 1. The van der Waals surface area contributed by atoms with Gasteiger partial charge in [0, 0.05) is 29.7 Å². The first-order chi connectivity index (χ1) is 15.5. The number of ether oxygens (including phenoxy) is 3. The summed E-state index contributed by atoms with van der Waals surface area (Å²) in [6.45, 7) is 1.85. The number of carbonyl (C=O) groups excluding carboxylic acids is 1. The monoisotopic (exact) mass is 431 g/mol. The Morgan fingerprint density at radius 3 is 2.41 bits per heavy atom. The van der Waals surface area contributed by atoms with E-state index < -0.39 is 0 Å². The van der Waals surface area contributed by atoms with E-state index in [1.165, 1.54) is 14.2 Å². The van der Waals surface area contributed by atoms with E-state index >= 15 is 0 Å². The summed E-state index contributed by atoms with van der Waals surface area (Å²) in [5.74, 6) is 0.934. The highest BCUT2D eigenvalue weighted by molar-refractivity contribution is 6.09. The third-order valence-electron chi connectivity index (χ3n) is 4.92. The highest BCUT2D eigenvalue weighted by atomic mass is 16.5. The second-order valence-corrected chi connectivity index (χ2v) is 6.84. The van der Waals surface area contributed by atoms with Crippen LogP contribution in [0.4, 0.5) is 0 Å². The van der Waals surface area contributed by atoms with Gasteiger partial charge in [0.05, 0.1) is 38.3 Å². The highest BCUT2D eigenvalue weighted by Gasteiger charge is 2.16. The van der Waals surface area contributed by atoms with Gasteiger partial charge in [-0.15, -0.1) is 5.10 Å². The summed E-state index contributed by atoms with van der Waals surface area (Å²) in [5.41, 5.74) is 3.70. The maximum Gasteiger partial charge on any atom is 0.319 e. The molecule has 0 aliphatic carbocycles. The van der Waals surface area contributed by atoms with E-state index in [2.05, 4.69) is 20.2 Å². The van der Waals surface area contributed by atoms with E-state index in [9.17, 15) is 4.79 Å². The number of nitrogens with zero attached hydrogens (tertiary/aromatic N) is 5. The molecule has 9 heteroatoms. The molecule has 0 aliphatic heterocycles. The van der Waals surface area contributed by atoms with Crippen LogP contribution >= 0.6 is 0 Å². The Bertz CT molecular complexity index is 1270. The maximum atomic E-state index is 12.9. The summed E-state index contributed by atoms with van der Waals surface area (Å²) in [5, 5.41) is 8.53. The maximum absolute atomic E-state index is 12.9. The molecule has 0 radical (unpaired) electrons. The van der Waals surface area contributed by atoms with Gasteiger partial charge in [0.1, 0.15) is 11.4 Å². The molecule has 0 bridgehead atoms. The van der Waals surface area contributed by atoms with Crippen LogP contribution in [0.1, 0.15) is 21.6 Å². The Kier molecular flexibility index (Phi) is 5.80. The number of aryl methyl sites for hydroxylation is 1. The van der Waals surface area contributed by atoms with Gasteiger partial charge in [-0.2, -0.15) is 10.1 Å². The largest absolute Gasteiger partial charge is 0.497 e. The van der Waals surface area contributed by atoms with E-state index in [1.54, 1.807) is 49.8 Å². The van der Waals surface area contributed by atoms with Crippen molar-refractivity contribution in [2.24, 2.45) is 0 Å². The molecule has 162 valence electrons. The minimum absolute atomic E-state index is 0.0866. The van der Waals surface area contributed by atoms with Crippen LogP contribution in [0.15, 0.2) is 55.0 Å². The molecule has 0 atom stereocenters. The van der Waals surface area contributed by atoms with Crippen molar-refractivity contribution in [1.29, 1.82) is 0 Å². The van der Waals surface area contributed by atoms with E-state index in [1.807, 2.05) is 23.8 Å². The molecule has 0 aliphatic rings. The predicted molar refractivity (Wildman–Crippen MR) is 117 cm³/mol. The van der Waals surface area contributed by atoms with Crippen molar-refractivity contribution in [3.63, 3.8) is 0 Å². The first-order valence-electron chi connectivity index (χ1n) is 9.71. The van der Waals surface area contributed by atoms with Crippen LogP contribution in [0.2, 0.25) is 0 Å². The first-order valence-corrected chi connectivity index (χ1v) is 9.71. The Morgan fingerprint density at radius 1 is 0.938 bits per heavy atom. The number of benzene rings is 1. The van der Waals surface area contributed by atoms with Crippen LogP contribution in [0.25, 0.3) is 16.9 Å². The van der Waals surface area contributed by atoms with Crippen LogP contribution in [-0.4, -0.2) is 51.8 Å². The summed E-state index contributed by atoms with van der Waals surface area (Å²) in [6, 6.07) is 10.8. The summed E-state index contributed by atoms with van der Waals surface area (Å²) < 4.78 is 17.4. The average Bonchev–Trinajstić information content (AvgIpc) is 3.33. The SMILES string of the molecule is COc1ccc(C(=O)c2ccn(-c3cc(-c4cnc(OC)nc4OC)nnc3C)c2)cc1. The smallest absolute Gasteiger partial charge is 0.319 e. The molecular weight excluding hydrogens is 410 g/mol. The van der Waals surface area contributed by atoms with E-state index in [0.717, 1.165) is 5.69 Å². The number of methoxy groups -OCH3 is 3. The molecule has 0 saturated carbocycles. The first kappa shape index (κ1) is 21.0. The van der Waals surface area contributed by atoms with Crippen molar-refractivity contribution in [1.82, 2.24) is 24.7 Å². The van der Waals surface area contributed by atoms with Crippen LogP contribution in [-0.2, 0) is 0 Å². The number of carbonyl (C=O) groups is 1. The Hall–Kier alpha value is -4.27. The van der Waals surface area contributed by atoms with Gasteiger partial charge in [-0.05, 0) is 43.3 Å². The zero-order valence-corrected chi connectivity index (χ0v) is 18.1.